The SMILES string of the molecule is Cn1ccc2cc(CCC3(N)CC3)ccc21. The number of hydrogen-bond donors (Lipinski definition) is 1. The van der Waals surface area contributed by atoms with Crippen LogP contribution in [0.25, 0.3) is 10.9 Å². The summed E-state index contributed by atoms with van der Waals surface area (Å²) in [5.74, 6) is 0. The van der Waals surface area contributed by atoms with Crippen LogP contribution in [0, 0.1) is 0 Å². The monoisotopic (exact) mass is 214 g/mol. The molecule has 3 rings (SSSR count). The van der Waals surface area contributed by atoms with E-state index in [1.807, 2.05) is 0 Å². The third-order valence-electron chi connectivity index (χ3n) is 3.75. The summed E-state index contributed by atoms with van der Waals surface area (Å²) in [7, 11) is 2.08. The summed E-state index contributed by atoms with van der Waals surface area (Å²) in [5.41, 5.74) is 9.00. The molecule has 1 heterocycles. The summed E-state index contributed by atoms with van der Waals surface area (Å²) in [4.78, 5) is 0. The highest BCUT2D eigenvalue weighted by Crippen LogP contribution is 2.36. The molecule has 0 bridgehead atoms. The normalized spacial score (nSPS) is 17.9. The molecule has 1 aliphatic carbocycles. The lowest BCUT2D eigenvalue weighted by molar-refractivity contribution is 0.609. The van der Waals surface area contributed by atoms with Crippen LogP contribution in [0.3, 0.4) is 0 Å². The van der Waals surface area contributed by atoms with Crippen molar-refractivity contribution in [3.05, 3.63) is 36.0 Å². The van der Waals surface area contributed by atoms with Crippen LogP contribution in [-0.4, -0.2) is 10.1 Å². The van der Waals surface area contributed by atoms with Gasteiger partial charge in [0.1, 0.15) is 0 Å². The molecule has 0 atom stereocenters. The molecule has 84 valence electrons. The van der Waals surface area contributed by atoms with Gasteiger partial charge in [-0.15, -0.1) is 0 Å². The van der Waals surface area contributed by atoms with Crippen LogP contribution < -0.4 is 5.73 Å². The average molecular weight is 214 g/mol. The lowest BCUT2D eigenvalue weighted by Gasteiger charge is -2.08. The molecule has 2 N–H and O–H groups in total. The fraction of sp³-hybridized carbons (Fsp3) is 0.429. The van der Waals surface area contributed by atoms with Crippen molar-refractivity contribution in [2.75, 3.05) is 0 Å². The maximum atomic E-state index is 6.11. The fourth-order valence-corrected chi connectivity index (χ4v) is 2.29. The van der Waals surface area contributed by atoms with Crippen molar-refractivity contribution in [2.45, 2.75) is 31.2 Å². The average Bonchev–Trinajstić information content (AvgIpc) is 2.91. The van der Waals surface area contributed by atoms with Crippen molar-refractivity contribution < 1.29 is 0 Å². The number of aryl methyl sites for hydroxylation is 2. The van der Waals surface area contributed by atoms with Crippen LogP contribution in [0.4, 0.5) is 0 Å². The lowest BCUT2D eigenvalue weighted by Crippen LogP contribution is -2.22. The van der Waals surface area contributed by atoms with Crippen molar-refractivity contribution >= 4 is 10.9 Å². The maximum absolute atomic E-state index is 6.11. The van der Waals surface area contributed by atoms with Gasteiger partial charge in [0.05, 0.1) is 0 Å². The van der Waals surface area contributed by atoms with Gasteiger partial charge < -0.3 is 10.3 Å². The van der Waals surface area contributed by atoms with Crippen LogP contribution in [0.5, 0.6) is 0 Å². The summed E-state index contributed by atoms with van der Waals surface area (Å²) >= 11 is 0. The smallest absolute Gasteiger partial charge is 0.0477 e. The minimum atomic E-state index is 0.172. The van der Waals surface area contributed by atoms with E-state index in [2.05, 4.69) is 42.1 Å². The first-order valence-corrected chi connectivity index (χ1v) is 5.99. The molecule has 2 heteroatoms. The van der Waals surface area contributed by atoms with E-state index in [0.717, 1.165) is 12.8 Å². The zero-order valence-corrected chi connectivity index (χ0v) is 9.74. The summed E-state index contributed by atoms with van der Waals surface area (Å²) in [6.45, 7) is 0. The molecule has 2 aromatic rings. The standard InChI is InChI=1S/C14H18N2/c1-16-9-5-12-10-11(2-3-13(12)16)4-6-14(15)7-8-14/h2-3,5,9-10H,4,6-8,15H2,1H3. The van der Waals surface area contributed by atoms with Crippen molar-refractivity contribution in [1.82, 2.24) is 4.57 Å². The molecule has 1 aromatic carbocycles. The van der Waals surface area contributed by atoms with E-state index in [0.29, 0.717) is 0 Å². The lowest BCUT2D eigenvalue weighted by atomic mass is 10.0. The van der Waals surface area contributed by atoms with Gasteiger partial charge >= 0.3 is 0 Å². The second-order valence-corrected chi connectivity index (χ2v) is 5.18. The molecule has 0 unspecified atom stereocenters. The number of fused-ring (bicyclic) bond motifs is 1. The topological polar surface area (TPSA) is 30.9 Å². The molecule has 1 fully saturated rings. The van der Waals surface area contributed by atoms with Gasteiger partial charge in [-0.2, -0.15) is 0 Å². The molecule has 2 nitrogen and oxygen atoms in total. The third-order valence-corrected chi connectivity index (χ3v) is 3.75. The molecule has 1 aromatic heterocycles. The molecule has 0 radical (unpaired) electrons. The fourth-order valence-electron chi connectivity index (χ4n) is 2.29. The van der Waals surface area contributed by atoms with Gasteiger partial charge in [-0.1, -0.05) is 6.07 Å². The minimum absolute atomic E-state index is 0.172. The number of hydrogen-bond acceptors (Lipinski definition) is 1. The number of aromatic nitrogens is 1. The Kier molecular flexibility index (Phi) is 2.08. The Bertz CT molecular complexity index is 521. The quantitative estimate of drug-likeness (QED) is 0.836. The van der Waals surface area contributed by atoms with Crippen molar-refractivity contribution in [1.29, 1.82) is 0 Å². The van der Waals surface area contributed by atoms with E-state index in [4.69, 9.17) is 5.73 Å². The highest BCUT2D eigenvalue weighted by Gasteiger charge is 2.37. The van der Waals surface area contributed by atoms with E-state index in [1.54, 1.807) is 0 Å². The highest BCUT2D eigenvalue weighted by molar-refractivity contribution is 5.80. The van der Waals surface area contributed by atoms with Crippen molar-refractivity contribution in [3.8, 4) is 0 Å². The second kappa shape index (κ2) is 3.36. The zero-order valence-electron chi connectivity index (χ0n) is 9.74. The van der Waals surface area contributed by atoms with Gasteiger partial charge in [0.15, 0.2) is 0 Å². The Balaban J connectivity index is 1.82. The Labute approximate surface area is 96.1 Å². The van der Waals surface area contributed by atoms with E-state index in [1.165, 1.54) is 29.3 Å². The van der Waals surface area contributed by atoms with Crippen LogP contribution in [0.2, 0.25) is 0 Å². The summed E-state index contributed by atoms with van der Waals surface area (Å²) in [5, 5.41) is 1.34. The van der Waals surface area contributed by atoms with E-state index in [9.17, 15) is 0 Å². The predicted octanol–water partition coefficient (Wildman–Crippen LogP) is 2.60. The Morgan fingerprint density at radius 1 is 1.31 bits per heavy atom. The van der Waals surface area contributed by atoms with Gasteiger partial charge in [-0.25, -0.2) is 0 Å². The first-order chi connectivity index (χ1) is 7.66. The molecule has 0 spiro atoms. The van der Waals surface area contributed by atoms with Gasteiger partial charge in [-0.05, 0) is 54.8 Å². The van der Waals surface area contributed by atoms with E-state index in [-0.39, 0.29) is 5.54 Å². The largest absolute Gasteiger partial charge is 0.351 e. The summed E-state index contributed by atoms with van der Waals surface area (Å²) in [6.07, 6.45) is 6.77. The van der Waals surface area contributed by atoms with Crippen LogP contribution in [0.1, 0.15) is 24.8 Å². The molecule has 0 amide bonds. The third kappa shape index (κ3) is 1.74. The number of benzene rings is 1. The van der Waals surface area contributed by atoms with Gasteiger partial charge in [0.25, 0.3) is 0 Å². The first kappa shape index (κ1) is 9.91. The molecule has 1 aliphatic rings. The van der Waals surface area contributed by atoms with E-state index >= 15 is 0 Å². The zero-order chi connectivity index (χ0) is 11.2. The maximum Gasteiger partial charge on any atom is 0.0477 e. The summed E-state index contributed by atoms with van der Waals surface area (Å²) in [6, 6.07) is 8.91. The minimum Gasteiger partial charge on any atom is -0.351 e. The number of nitrogens with two attached hydrogens (primary N) is 1. The van der Waals surface area contributed by atoms with Crippen molar-refractivity contribution in [2.24, 2.45) is 12.8 Å². The Morgan fingerprint density at radius 3 is 2.88 bits per heavy atom. The van der Waals surface area contributed by atoms with Gasteiger partial charge in [-0.3, -0.25) is 0 Å². The van der Waals surface area contributed by atoms with E-state index < -0.39 is 0 Å². The predicted molar refractivity (Wildman–Crippen MR) is 67.4 cm³/mol. The van der Waals surface area contributed by atoms with Crippen LogP contribution in [-0.2, 0) is 13.5 Å². The van der Waals surface area contributed by atoms with Crippen LogP contribution in [0.15, 0.2) is 30.5 Å². The van der Waals surface area contributed by atoms with Crippen LogP contribution >= 0.6 is 0 Å². The molecule has 0 aliphatic heterocycles. The molecule has 1 saturated carbocycles. The van der Waals surface area contributed by atoms with Crippen molar-refractivity contribution in [3.63, 3.8) is 0 Å². The molecular weight excluding hydrogens is 196 g/mol. The summed E-state index contributed by atoms with van der Waals surface area (Å²) < 4.78 is 2.16. The highest BCUT2D eigenvalue weighted by atomic mass is 14.9. The molecule has 16 heavy (non-hydrogen) atoms. The molecule has 0 saturated heterocycles. The Hall–Kier alpha value is -1.28. The molecular formula is C14H18N2. The number of rotatable bonds is 3. The first-order valence-electron chi connectivity index (χ1n) is 5.99. The van der Waals surface area contributed by atoms with Gasteiger partial charge in [0, 0.05) is 24.3 Å². The Morgan fingerprint density at radius 2 is 2.12 bits per heavy atom. The van der Waals surface area contributed by atoms with Gasteiger partial charge in [0.2, 0.25) is 0 Å². The second-order valence-electron chi connectivity index (χ2n) is 5.18. The number of nitrogens with zero attached hydrogens (tertiary/aromatic N) is 1.